The van der Waals surface area contributed by atoms with E-state index < -0.39 is 0 Å². The van der Waals surface area contributed by atoms with Crippen LogP contribution in [0.3, 0.4) is 0 Å². The number of aromatic amines is 1. The van der Waals surface area contributed by atoms with Crippen LogP contribution in [0.2, 0.25) is 0 Å². The predicted molar refractivity (Wildman–Crippen MR) is 51.7 cm³/mol. The van der Waals surface area contributed by atoms with Crippen molar-refractivity contribution in [2.75, 3.05) is 0 Å². The van der Waals surface area contributed by atoms with Gasteiger partial charge in [0, 0.05) is 5.56 Å². The fourth-order valence-electron chi connectivity index (χ4n) is 1.10. The molecular formula is C9H6BrFN2. The van der Waals surface area contributed by atoms with Gasteiger partial charge in [-0.15, -0.1) is 0 Å². The van der Waals surface area contributed by atoms with Crippen molar-refractivity contribution in [3.8, 4) is 11.1 Å². The van der Waals surface area contributed by atoms with Gasteiger partial charge in [0.05, 0.1) is 6.20 Å². The zero-order valence-corrected chi connectivity index (χ0v) is 8.18. The topological polar surface area (TPSA) is 28.7 Å². The van der Waals surface area contributed by atoms with Crippen molar-refractivity contribution >= 4 is 15.9 Å². The lowest BCUT2D eigenvalue weighted by molar-refractivity contribution is 0.628. The van der Waals surface area contributed by atoms with E-state index in [0.29, 0.717) is 0 Å². The Morgan fingerprint density at radius 1 is 1.23 bits per heavy atom. The Morgan fingerprint density at radius 3 is 2.46 bits per heavy atom. The van der Waals surface area contributed by atoms with Crippen LogP contribution in [-0.4, -0.2) is 10.2 Å². The van der Waals surface area contributed by atoms with Crippen molar-refractivity contribution in [1.82, 2.24) is 10.2 Å². The molecule has 66 valence electrons. The van der Waals surface area contributed by atoms with Gasteiger partial charge in [-0.2, -0.15) is 5.10 Å². The highest BCUT2D eigenvalue weighted by Gasteiger charge is 2.03. The van der Waals surface area contributed by atoms with Crippen LogP contribution in [-0.2, 0) is 0 Å². The maximum atomic E-state index is 12.6. The Balaban J connectivity index is 2.47. The van der Waals surface area contributed by atoms with Crippen LogP contribution in [0, 0.1) is 5.82 Å². The third kappa shape index (κ3) is 1.62. The minimum atomic E-state index is -0.233. The number of H-pyrrole nitrogens is 1. The van der Waals surface area contributed by atoms with Gasteiger partial charge in [-0.25, -0.2) is 4.39 Å². The average molecular weight is 241 g/mol. The van der Waals surface area contributed by atoms with E-state index in [0.717, 1.165) is 15.7 Å². The van der Waals surface area contributed by atoms with E-state index in [-0.39, 0.29) is 5.82 Å². The first-order valence-corrected chi connectivity index (χ1v) is 4.51. The number of rotatable bonds is 1. The average Bonchev–Trinajstić information content (AvgIpc) is 2.53. The molecule has 1 aromatic carbocycles. The number of halogens is 2. The van der Waals surface area contributed by atoms with E-state index in [9.17, 15) is 4.39 Å². The first-order chi connectivity index (χ1) is 6.27. The van der Waals surface area contributed by atoms with Gasteiger partial charge in [-0.1, -0.05) is 12.1 Å². The molecule has 0 bridgehead atoms. The maximum absolute atomic E-state index is 12.6. The highest BCUT2D eigenvalue weighted by molar-refractivity contribution is 9.10. The van der Waals surface area contributed by atoms with E-state index in [1.807, 2.05) is 0 Å². The highest BCUT2D eigenvalue weighted by Crippen LogP contribution is 2.25. The van der Waals surface area contributed by atoms with Gasteiger partial charge in [0.1, 0.15) is 10.4 Å². The van der Waals surface area contributed by atoms with Crippen LogP contribution < -0.4 is 0 Å². The lowest BCUT2D eigenvalue weighted by Gasteiger charge is -1.96. The fourth-order valence-corrected chi connectivity index (χ4v) is 1.53. The van der Waals surface area contributed by atoms with Gasteiger partial charge in [0.15, 0.2) is 0 Å². The molecule has 2 aromatic rings. The van der Waals surface area contributed by atoms with Crippen molar-refractivity contribution in [3.63, 3.8) is 0 Å². The maximum Gasteiger partial charge on any atom is 0.123 e. The van der Waals surface area contributed by atoms with Gasteiger partial charge in [0.25, 0.3) is 0 Å². The van der Waals surface area contributed by atoms with Crippen molar-refractivity contribution in [2.24, 2.45) is 0 Å². The van der Waals surface area contributed by atoms with Gasteiger partial charge < -0.3 is 0 Å². The summed E-state index contributed by atoms with van der Waals surface area (Å²) in [6.07, 6.45) is 1.69. The second-order valence-corrected chi connectivity index (χ2v) is 3.40. The molecule has 1 aromatic heterocycles. The molecule has 0 unspecified atom stereocenters. The SMILES string of the molecule is Fc1ccc(-c2cn[nH]c2Br)cc1. The number of nitrogens with one attached hydrogen (secondary N) is 1. The molecule has 0 aliphatic carbocycles. The first kappa shape index (κ1) is 8.44. The largest absolute Gasteiger partial charge is 0.271 e. The van der Waals surface area contributed by atoms with Crippen LogP contribution in [0.15, 0.2) is 35.1 Å². The minimum absolute atomic E-state index is 0.233. The summed E-state index contributed by atoms with van der Waals surface area (Å²) in [6, 6.07) is 6.28. The lowest BCUT2D eigenvalue weighted by atomic mass is 10.1. The molecule has 0 saturated heterocycles. The van der Waals surface area contributed by atoms with E-state index in [2.05, 4.69) is 26.1 Å². The summed E-state index contributed by atoms with van der Waals surface area (Å²) < 4.78 is 13.4. The van der Waals surface area contributed by atoms with Gasteiger partial charge in [0.2, 0.25) is 0 Å². The Kier molecular flexibility index (Phi) is 2.14. The molecule has 1 N–H and O–H groups in total. The molecule has 4 heteroatoms. The van der Waals surface area contributed by atoms with Gasteiger partial charge >= 0.3 is 0 Å². The number of benzene rings is 1. The summed E-state index contributed by atoms with van der Waals surface area (Å²) in [5.41, 5.74) is 1.86. The standard InChI is InChI=1S/C9H6BrFN2/c10-9-8(5-12-13-9)6-1-3-7(11)4-2-6/h1-5H,(H,12,13). The molecule has 0 amide bonds. The minimum Gasteiger partial charge on any atom is -0.271 e. The fraction of sp³-hybridized carbons (Fsp3) is 0. The second kappa shape index (κ2) is 3.30. The molecule has 2 rings (SSSR count). The van der Waals surface area contributed by atoms with E-state index in [1.165, 1.54) is 12.1 Å². The van der Waals surface area contributed by atoms with Crippen molar-refractivity contribution in [1.29, 1.82) is 0 Å². The molecule has 0 fully saturated rings. The summed E-state index contributed by atoms with van der Waals surface area (Å²) in [6.45, 7) is 0. The third-order valence-corrected chi connectivity index (χ3v) is 2.35. The molecule has 0 spiro atoms. The quantitative estimate of drug-likeness (QED) is 0.816. The smallest absolute Gasteiger partial charge is 0.123 e. The van der Waals surface area contributed by atoms with Crippen LogP contribution >= 0.6 is 15.9 Å². The molecule has 1 heterocycles. The van der Waals surface area contributed by atoms with Crippen molar-refractivity contribution < 1.29 is 4.39 Å². The molecule has 0 saturated carbocycles. The summed E-state index contributed by atoms with van der Waals surface area (Å²) in [4.78, 5) is 0. The molecule has 2 nitrogen and oxygen atoms in total. The summed E-state index contributed by atoms with van der Waals surface area (Å²) in [5.74, 6) is -0.233. The summed E-state index contributed by atoms with van der Waals surface area (Å²) in [7, 11) is 0. The number of hydrogen-bond donors (Lipinski definition) is 1. The van der Waals surface area contributed by atoms with E-state index in [1.54, 1.807) is 18.3 Å². The first-order valence-electron chi connectivity index (χ1n) is 3.72. The van der Waals surface area contributed by atoms with Crippen LogP contribution in [0.4, 0.5) is 4.39 Å². The third-order valence-electron chi connectivity index (χ3n) is 1.75. The summed E-state index contributed by atoms with van der Waals surface area (Å²) >= 11 is 3.31. The zero-order chi connectivity index (χ0) is 9.26. The Hall–Kier alpha value is -1.16. The number of hydrogen-bond acceptors (Lipinski definition) is 1. The van der Waals surface area contributed by atoms with Crippen molar-refractivity contribution in [2.45, 2.75) is 0 Å². The predicted octanol–water partition coefficient (Wildman–Crippen LogP) is 2.98. The van der Waals surface area contributed by atoms with Gasteiger partial charge in [-0.3, -0.25) is 5.10 Å². The Morgan fingerprint density at radius 2 is 1.92 bits per heavy atom. The molecule has 0 aliphatic rings. The Bertz CT molecular complexity index is 408. The molecule has 0 aliphatic heterocycles. The normalized spacial score (nSPS) is 10.3. The van der Waals surface area contributed by atoms with Gasteiger partial charge in [-0.05, 0) is 33.6 Å². The molecule has 0 radical (unpaired) electrons. The van der Waals surface area contributed by atoms with Crippen LogP contribution in [0.5, 0.6) is 0 Å². The van der Waals surface area contributed by atoms with E-state index >= 15 is 0 Å². The second-order valence-electron chi connectivity index (χ2n) is 2.60. The number of aromatic nitrogens is 2. The van der Waals surface area contributed by atoms with Crippen LogP contribution in [0.1, 0.15) is 0 Å². The molecule has 0 atom stereocenters. The Labute approximate surface area is 82.9 Å². The van der Waals surface area contributed by atoms with E-state index in [4.69, 9.17) is 0 Å². The number of nitrogens with zero attached hydrogens (tertiary/aromatic N) is 1. The molecular weight excluding hydrogens is 235 g/mol. The highest BCUT2D eigenvalue weighted by atomic mass is 79.9. The zero-order valence-electron chi connectivity index (χ0n) is 6.59. The molecule has 13 heavy (non-hydrogen) atoms. The monoisotopic (exact) mass is 240 g/mol. The summed E-state index contributed by atoms with van der Waals surface area (Å²) in [5, 5.41) is 6.61. The van der Waals surface area contributed by atoms with Crippen LogP contribution in [0.25, 0.3) is 11.1 Å². The lowest BCUT2D eigenvalue weighted by Crippen LogP contribution is -1.76. The van der Waals surface area contributed by atoms with Crippen molar-refractivity contribution in [3.05, 3.63) is 40.9 Å².